The first kappa shape index (κ1) is 59.6. The molecule has 2 saturated heterocycles. The third kappa shape index (κ3) is 11.9. The van der Waals surface area contributed by atoms with Gasteiger partial charge in [-0.25, -0.2) is 23.3 Å². The Labute approximate surface area is 457 Å². The summed E-state index contributed by atoms with van der Waals surface area (Å²) in [5.41, 5.74) is 3.76. The Morgan fingerprint density at radius 2 is 1.04 bits per heavy atom. The van der Waals surface area contributed by atoms with Gasteiger partial charge >= 0.3 is 18.3 Å². The number of hydrogen-bond acceptors (Lipinski definition) is 9. The van der Waals surface area contributed by atoms with E-state index in [1.807, 2.05) is 6.92 Å². The lowest BCUT2D eigenvalue weighted by Crippen LogP contribution is -2.44. The first-order valence-corrected chi connectivity index (χ1v) is 23.9. The molecule has 0 unspecified atom stereocenters. The molecule has 4 aromatic carbocycles. The quantitative estimate of drug-likeness (QED) is 0.0708. The molecular weight excluding hydrogens is 1090 g/mol. The number of anilines is 4. The van der Waals surface area contributed by atoms with Crippen molar-refractivity contribution < 1.29 is 59.4 Å². The molecule has 79 heavy (non-hydrogen) atoms. The predicted molar refractivity (Wildman–Crippen MR) is 283 cm³/mol. The van der Waals surface area contributed by atoms with Crippen molar-refractivity contribution in [3.63, 3.8) is 0 Å². The number of aromatic nitrogens is 4. The minimum atomic E-state index is -4.83. The van der Waals surface area contributed by atoms with Gasteiger partial charge in [-0.05, 0) is 126 Å². The van der Waals surface area contributed by atoms with E-state index in [2.05, 4.69) is 25.2 Å². The zero-order valence-corrected chi connectivity index (χ0v) is 44.6. The van der Waals surface area contributed by atoms with Crippen molar-refractivity contribution in [3.05, 3.63) is 164 Å². The highest BCUT2D eigenvalue weighted by Gasteiger charge is 2.52. The van der Waals surface area contributed by atoms with Crippen LogP contribution in [0.4, 0.5) is 69.2 Å². The number of carboxylic acid groups (broad SMARTS) is 1. The third-order valence-corrected chi connectivity index (χ3v) is 13.1. The van der Waals surface area contributed by atoms with Gasteiger partial charge < -0.3 is 26.0 Å². The summed E-state index contributed by atoms with van der Waals surface area (Å²) in [7, 11) is 2.48. The second-order valence-electron chi connectivity index (χ2n) is 18.7. The highest BCUT2D eigenvalue weighted by atomic mass is 32.1. The van der Waals surface area contributed by atoms with Crippen molar-refractivity contribution in [2.24, 2.45) is 19.8 Å². The van der Waals surface area contributed by atoms with Crippen molar-refractivity contribution >= 4 is 92.5 Å². The smallest absolute Gasteiger partial charge is 0.436 e. The first-order valence-electron chi connectivity index (χ1n) is 23.0. The standard InChI is InChI=1S/C26H22F4N6O2S.C20H19FN4OS.C6H5F3N2O2/c1-14-10-16(8-9-20(14)31-4)35-23(38)25(2,3)36(24(35)39)17-7-6-15(19(27)11-17)12-32-22(37)18-13-34(5)33-21(18)26(28,29)30;1-12-9-14(7-8-17(12)23-4)24-18(26)20(2,3)25(19(24)27)15-6-5-13(11-22)16(21)10-15;1-11-2-3(5(12)13)4(10-11)6(7,8)9/h6-11,13H,12H2,1-3,5H3,(H,32,37);5-10H,11,22H2,1-3H3;2H,1H3,(H,12,13). The number of benzene rings is 4. The SMILES string of the molecule is Cn1cc(C(=O)O)c(C(F)(F)F)n1.[C-]#[N+]c1ccc(N2C(=O)C(C)(C)N(c3ccc(CN)c(F)c3)C2=S)cc1C.[C-]#[N+]c1ccc(N2C(=O)C(C)(C)N(c3ccc(CNC(=O)c4cn(C)nc4C(F)(F)F)c(F)c3)C2=S)cc1C. The molecule has 27 heteroatoms. The van der Waals surface area contributed by atoms with E-state index in [4.69, 9.17) is 48.4 Å². The van der Waals surface area contributed by atoms with E-state index in [0.717, 1.165) is 33.4 Å². The molecule has 2 fully saturated rings. The molecule has 0 radical (unpaired) electrons. The van der Waals surface area contributed by atoms with Gasteiger partial charge in [-0.1, -0.05) is 24.3 Å². The van der Waals surface area contributed by atoms with E-state index in [1.54, 1.807) is 88.0 Å². The van der Waals surface area contributed by atoms with Crippen LogP contribution >= 0.6 is 24.4 Å². The topological polar surface area (TPSA) is 184 Å². The summed E-state index contributed by atoms with van der Waals surface area (Å²) >= 11 is 11.2. The van der Waals surface area contributed by atoms with Crippen molar-refractivity contribution in [2.75, 3.05) is 19.6 Å². The van der Waals surface area contributed by atoms with Crippen LogP contribution in [0.15, 0.2) is 85.2 Å². The fraction of sp³-hybridized carbons (Fsp3) is 0.269. The molecule has 17 nitrogen and oxygen atoms in total. The molecule has 2 aliphatic rings. The monoisotopic (exact) mass is 1130 g/mol. The van der Waals surface area contributed by atoms with Crippen molar-refractivity contribution in [2.45, 2.75) is 78.1 Å². The molecule has 4 N–H and O–H groups in total. The molecule has 2 aliphatic heterocycles. The van der Waals surface area contributed by atoms with Crippen LogP contribution in [0.3, 0.4) is 0 Å². The molecule has 0 spiro atoms. The zero-order valence-electron chi connectivity index (χ0n) is 43.0. The molecule has 0 atom stereocenters. The molecule has 3 amide bonds. The second-order valence-corrected chi connectivity index (χ2v) is 19.4. The van der Waals surface area contributed by atoms with Crippen LogP contribution in [-0.2, 0) is 49.1 Å². The van der Waals surface area contributed by atoms with Gasteiger partial charge in [0.05, 0.1) is 18.7 Å². The van der Waals surface area contributed by atoms with Crippen LogP contribution in [0, 0.1) is 38.6 Å². The first-order chi connectivity index (χ1) is 36.7. The van der Waals surface area contributed by atoms with Crippen LogP contribution in [0.5, 0.6) is 0 Å². The second kappa shape index (κ2) is 22.4. The number of rotatable bonds is 9. The van der Waals surface area contributed by atoms with Gasteiger partial charge in [0.25, 0.3) is 17.7 Å². The number of aromatic carboxylic acids is 1. The van der Waals surface area contributed by atoms with E-state index < -0.39 is 69.5 Å². The largest absolute Gasteiger partial charge is 0.478 e. The molecular formula is C52H46F8N12O5S2. The molecule has 4 heterocycles. The molecule has 6 aromatic rings. The number of nitrogens with zero attached hydrogens (tertiary/aromatic N) is 10. The van der Waals surface area contributed by atoms with Crippen LogP contribution < -0.4 is 30.7 Å². The average molecular weight is 1140 g/mol. The highest BCUT2D eigenvalue weighted by Crippen LogP contribution is 2.40. The summed E-state index contributed by atoms with van der Waals surface area (Å²) in [6.45, 7) is 24.4. The van der Waals surface area contributed by atoms with Gasteiger partial charge in [0.15, 0.2) is 33.0 Å². The van der Waals surface area contributed by atoms with E-state index in [9.17, 15) is 49.9 Å². The predicted octanol–water partition coefficient (Wildman–Crippen LogP) is 10.5. The summed E-state index contributed by atoms with van der Waals surface area (Å²) in [6.07, 6.45) is -7.81. The number of amides is 3. The molecule has 2 aromatic heterocycles. The Balaban J connectivity index is 0.000000217. The maximum atomic E-state index is 15.1. The number of nitrogens with one attached hydrogen (secondary N) is 1. The number of halogens is 8. The Morgan fingerprint density at radius 3 is 1.38 bits per heavy atom. The lowest BCUT2D eigenvalue weighted by atomic mass is 10.0. The van der Waals surface area contributed by atoms with E-state index in [1.165, 1.54) is 47.0 Å². The lowest BCUT2D eigenvalue weighted by molar-refractivity contribution is -0.142. The number of nitrogens with two attached hydrogens (primary N) is 1. The van der Waals surface area contributed by atoms with Gasteiger partial charge in [0, 0.05) is 73.5 Å². The van der Waals surface area contributed by atoms with Crippen molar-refractivity contribution in [3.8, 4) is 0 Å². The minimum Gasteiger partial charge on any atom is -0.478 e. The Bertz CT molecular complexity index is 3560. The van der Waals surface area contributed by atoms with E-state index >= 15 is 4.39 Å². The highest BCUT2D eigenvalue weighted by molar-refractivity contribution is 7.81. The summed E-state index contributed by atoms with van der Waals surface area (Å²) in [6, 6.07) is 18.7. The number of carbonyl (C=O) groups excluding carboxylic acids is 3. The maximum absolute atomic E-state index is 15.1. The summed E-state index contributed by atoms with van der Waals surface area (Å²) < 4.78 is 107. The molecule has 412 valence electrons. The molecule has 0 saturated carbocycles. The maximum Gasteiger partial charge on any atom is 0.436 e. The number of thiocarbonyl (C=S) groups is 2. The van der Waals surface area contributed by atoms with E-state index in [0.29, 0.717) is 39.6 Å². The molecule has 8 rings (SSSR count). The number of hydrogen-bond donors (Lipinski definition) is 3. The zero-order chi connectivity index (χ0) is 59.0. The minimum absolute atomic E-state index is 0.0148. The van der Waals surface area contributed by atoms with Crippen LogP contribution in [-0.4, -0.2) is 69.7 Å². The summed E-state index contributed by atoms with van der Waals surface area (Å²) in [5.74, 6) is -4.45. The van der Waals surface area contributed by atoms with Crippen molar-refractivity contribution in [1.29, 1.82) is 0 Å². The summed E-state index contributed by atoms with van der Waals surface area (Å²) in [5, 5.41) is 17.4. The summed E-state index contributed by atoms with van der Waals surface area (Å²) in [4.78, 5) is 62.0. The fourth-order valence-corrected chi connectivity index (χ4v) is 9.41. The number of carbonyl (C=O) groups is 4. The van der Waals surface area contributed by atoms with E-state index in [-0.39, 0.29) is 46.4 Å². The molecule has 0 bridgehead atoms. The average Bonchev–Trinajstić information content (AvgIpc) is 4.14. The lowest BCUT2D eigenvalue weighted by Gasteiger charge is -2.29. The van der Waals surface area contributed by atoms with Gasteiger partial charge in [-0.2, -0.15) is 36.5 Å². The Morgan fingerprint density at radius 1 is 0.658 bits per heavy atom. The van der Waals surface area contributed by atoms with Crippen LogP contribution in [0.25, 0.3) is 9.69 Å². The number of aryl methyl sites for hydroxylation is 4. The van der Waals surface area contributed by atoms with Gasteiger partial charge in [0.1, 0.15) is 28.3 Å². The van der Waals surface area contributed by atoms with Gasteiger partial charge in [-0.15, -0.1) is 0 Å². The van der Waals surface area contributed by atoms with Crippen LogP contribution in [0.1, 0.15) is 82.1 Å². The number of carboxylic acids is 1. The fourth-order valence-electron chi connectivity index (χ4n) is 8.37. The van der Waals surface area contributed by atoms with Gasteiger partial charge in [0.2, 0.25) is 0 Å². The number of alkyl halides is 6. The van der Waals surface area contributed by atoms with Gasteiger partial charge in [-0.3, -0.25) is 33.5 Å². The Hall–Kier alpha value is -8.66. The normalized spacial score (nSPS) is 14.8. The molecule has 0 aliphatic carbocycles. The van der Waals surface area contributed by atoms with Crippen LogP contribution in [0.2, 0.25) is 0 Å². The Kier molecular flexibility index (Phi) is 16.9. The van der Waals surface area contributed by atoms with Crippen molar-refractivity contribution in [1.82, 2.24) is 24.9 Å². The third-order valence-electron chi connectivity index (χ3n) is 12.4.